The van der Waals surface area contributed by atoms with Crippen molar-refractivity contribution in [2.45, 2.75) is 6.92 Å². The summed E-state index contributed by atoms with van der Waals surface area (Å²) >= 11 is 0. The number of amides is 2. The molecular formula is C15H18N2O4. The van der Waals surface area contributed by atoms with Gasteiger partial charge in [-0.1, -0.05) is 17.9 Å². The first kappa shape index (κ1) is 16.5. The number of hydrogen-bond acceptors (Lipinski definition) is 4. The highest BCUT2D eigenvalue weighted by atomic mass is 16.5. The molecule has 0 saturated carbocycles. The average Bonchev–Trinajstić information content (AvgIpc) is 2.42. The standard InChI is InChI=1S/C15H18N2O4/c1-12(18)17-13-6-5-7-14(10-13)21-9-4-3-8-16-15(19)11-20-2/h5-7,10H,8-9,11H2,1-2H3,(H,16,19)(H,17,18). The van der Waals surface area contributed by atoms with Gasteiger partial charge in [0.2, 0.25) is 11.8 Å². The molecule has 0 aliphatic carbocycles. The summed E-state index contributed by atoms with van der Waals surface area (Å²) in [6, 6.07) is 7.03. The van der Waals surface area contributed by atoms with Crippen LogP contribution < -0.4 is 15.4 Å². The van der Waals surface area contributed by atoms with Crippen molar-refractivity contribution in [1.82, 2.24) is 5.32 Å². The summed E-state index contributed by atoms with van der Waals surface area (Å²) in [5.74, 6) is 5.79. The summed E-state index contributed by atoms with van der Waals surface area (Å²) in [6.07, 6.45) is 0. The number of hydrogen-bond donors (Lipinski definition) is 2. The summed E-state index contributed by atoms with van der Waals surface area (Å²) in [4.78, 5) is 22.0. The molecule has 0 fully saturated rings. The molecule has 112 valence electrons. The van der Waals surface area contributed by atoms with E-state index < -0.39 is 0 Å². The Balaban J connectivity index is 2.32. The SMILES string of the molecule is COCC(=O)NCC#CCOc1cccc(NC(C)=O)c1. The van der Waals surface area contributed by atoms with Gasteiger partial charge in [-0.2, -0.15) is 0 Å². The van der Waals surface area contributed by atoms with Gasteiger partial charge in [0, 0.05) is 25.8 Å². The zero-order valence-electron chi connectivity index (χ0n) is 12.1. The summed E-state index contributed by atoms with van der Waals surface area (Å²) in [7, 11) is 1.45. The van der Waals surface area contributed by atoms with E-state index in [1.807, 2.05) is 0 Å². The van der Waals surface area contributed by atoms with Crippen molar-refractivity contribution in [2.24, 2.45) is 0 Å². The molecule has 2 N–H and O–H groups in total. The number of carbonyl (C=O) groups excluding carboxylic acids is 2. The minimum atomic E-state index is -0.212. The zero-order chi connectivity index (χ0) is 15.5. The van der Waals surface area contributed by atoms with Crippen LogP contribution in [0.4, 0.5) is 5.69 Å². The number of methoxy groups -OCH3 is 1. The van der Waals surface area contributed by atoms with Gasteiger partial charge in [-0.25, -0.2) is 0 Å². The van der Waals surface area contributed by atoms with Crippen LogP contribution in [0.15, 0.2) is 24.3 Å². The van der Waals surface area contributed by atoms with Crippen LogP contribution in [0.1, 0.15) is 6.92 Å². The van der Waals surface area contributed by atoms with Crippen molar-refractivity contribution in [1.29, 1.82) is 0 Å². The molecule has 21 heavy (non-hydrogen) atoms. The minimum absolute atomic E-state index is 0.0219. The summed E-state index contributed by atoms with van der Waals surface area (Å²) in [5, 5.41) is 5.24. The molecule has 1 aromatic carbocycles. The Morgan fingerprint density at radius 2 is 2.10 bits per heavy atom. The maximum atomic E-state index is 11.1. The molecular weight excluding hydrogens is 272 g/mol. The van der Waals surface area contributed by atoms with Gasteiger partial charge in [-0.05, 0) is 12.1 Å². The van der Waals surface area contributed by atoms with E-state index in [0.29, 0.717) is 11.4 Å². The van der Waals surface area contributed by atoms with Gasteiger partial charge >= 0.3 is 0 Å². The number of nitrogens with one attached hydrogen (secondary N) is 2. The normalized spacial score (nSPS) is 9.24. The third-order valence-electron chi connectivity index (χ3n) is 2.24. The molecule has 0 saturated heterocycles. The second kappa shape index (κ2) is 9.39. The van der Waals surface area contributed by atoms with E-state index in [1.54, 1.807) is 24.3 Å². The van der Waals surface area contributed by atoms with Crippen molar-refractivity contribution in [3.05, 3.63) is 24.3 Å². The highest BCUT2D eigenvalue weighted by molar-refractivity contribution is 5.88. The number of ether oxygens (including phenoxy) is 2. The second-order valence-corrected chi connectivity index (χ2v) is 4.06. The molecule has 0 aliphatic rings. The van der Waals surface area contributed by atoms with Crippen molar-refractivity contribution in [2.75, 3.05) is 32.2 Å². The number of rotatable bonds is 6. The fraction of sp³-hybridized carbons (Fsp3) is 0.333. The van der Waals surface area contributed by atoms with E-state index in [2.05, 4.69) is 27.2 Å². The molecule has 0 atom stereocenters. The fourth-order valence-corrected chi connectivity index (χ4v) is 1.42. The number of benzene rings is 1. The predicted octanol–water partition coefficient (Wildman–Crippen LogP) is 0.790. The predicted molar refractivity (Wildman–Crippen MR) is 78.9 cm³/mol. The van der Waals surface area contributed by atoms with E-state index in [1.165, 1.54) is 14.0 Å². The molecule has 0 spiro atoms. The topological polar surface area (TPSA) is 76.7 Å². The first-order valence-corrected chi connectivity index (χ1v) is 6.33. The molecule has 0 heterocycles. The van der Waals surface area contributed by atoms with Crippen molar-refractivity contribution in [3.63, 3.8) is 0 Å². The van der Waals surface area contributed by atoms with Crippen molar-refractivity contribution >= 4 is 17.5 Å². The fourth-order valence-electron chi connectivity index (χ4n) is 1.42. The molecule has 0 aliphatic heterocycles. The van der Waals surface area contributed by atoms with Gasteiger partial charge in [0.05, 0.1) is 6.54 Å². The lowest BCUT2D eigenvalue weighted by molar-refractivity contribution is -0.124. The van der Waals surface area contributed by atoms with Crippen LogP contribution in [-0.2, 0) is 14.3 Å². The van der Waals surface area contributed by atoms with Crippen LogP contribution in [0, 0.1) is 11.8 Å². The van der Waals surface area contributed by atoms with Gasteiger partial charge in [0.1, 0.15) is 19.0 Å². The molecule has 1 aromatic rings. The maximum absolute atomic E-state index is 11.1. The molecule has 0 radical (unpaired) electrons. The van der Waals surface area contributed by atoms with E-state index in [0.717, 1.165) is 0 Å². The average molecular weight is 290 g/mol. The number of carbonyl (C=O) groups is 2. The first-order chi connectivity index (χ1) is 10.1. The first-order valence-electron chi connectivity index (χ1n) is 6.33. The Labute approximate surface area is 123 Å². The van der Waals surface area contributed by atoms with E-state index >= 15 is 0 Å². The number of anilines is 1. The lowest BCUT2D eigenvalue weighted by Gasteiger charge is -2.05. The molecule has 0 unspecified atom stereocenters. The minimum Gasteiger partial charge on any atom is -0.481 e. The van der Waals surface area contributed by atoms with Crippen molar-refractivity contribution < 1.29 is 19.1 Å². The molecule has 6 nitrogen and oxygen atoms in total. The van der Waals surface area contributed by atoms with Crippen LogP contribution in [0.3, 0.4) is 0 Å². The summed E-state index contributed by atoms with van der Waals surface area (Å²) < 4.78 is 10.1. The Morgan fingerprint density at radius 1 is 1.29 bits per heavy atom. The summed E-state index contributed by atoms with van der Waals surface area (Å²) in [6.45, 7) is 1.91. The maximum Gasteiger partial charge on any atom is 0.246 e. The van der Waals surface area contributed by atoms with Crippen LogP contribution in [0.2, 0.25) is 0 Å². The monoisotopic (exact) mass is 290 g/mol. The lowest BCUT2D eigenvalue weighted by Crippen LogP contribution is -2.27. The van der Waals surface area contributed by atoms with Crippen LogP contribution in [-0.4, -0.2) is 38.7 Å². The van der Waals surface area contributed by atoms with Gasteiger partial charge in [-0.3, -0.25) is 9.59 Å². The van der Waals surface area contributed by atoms with Gasteiger partial charge in [0.25, 0.3) is 0 Å². The highest BCUT2D eigenvalue weighted by Crippen LogP contribution is 2.16. The van der Waals surface area contributed by atoms with Crippen LogP contribution in [0.5, 0.6) is 5.75 Å². The molecule has 0 aromatic heterocycles. The molecule has 2 amide bonds. The quantitative estimate of drug-likeness (QED) is 0.759. The smallest absolute Gasteiger partial charge is 0.246 e. The van der Waals surface area contributed by atoms with Crippen LogP contribution in [0.25, 0.3) is 0 Å². The Morgan fingerprint density at radius 3 is 2.81 bits per heavy atom. The Kier molecular flexibility index (Phi) is 7.40. The van der Waals surface area contributed by atoms with Gasteiger partial charge < -0.3 is 20.1 Å². The summed E-state index contributed by atoms with van der Waals surface area (Å²) in [5.41, 5.74) is 0.666. The van der Waals surface area contributed by atoms with Crippen LogP contribution >= 0.6 is 0 Å². The molecule has 6 heteroatoms. The molecule has 0 bridgehead atoms. The zero-order valence-corrected chi connectivity index (χ0v) is 12.1. The van der Waals surface area contributed by atoms with E-state index in [-0.39, 0.29) is 31.6 Å². The Hall–Kier alpha value is -2.52. The van der Waals surface area contributed by atoms with Gasteiger partial charge in [-0.15, -0.1) is 0 Å². The highest BCUT2D eigenvalue weighted by Gasteiger charge is 1.98. The largest absolute Gasteiger partial charge is 0.481 e. The van der Waals surface area contributed by atoms with Crippen molar-refractivity contribution in [3.8, 4) is 17.6 Å². The molecule has 1 rings (SSSR count). The van der Waals surface area contributed by atoms with E-state index in [9.17, 15) is 9.59 Å². The van der Waals surface area contributed by atoms with E-state index in [4.69, 9.17) is 4.74 Å². The lowest BCUT2D eigenvalue weighted by atomic mass is 10.3. The van der Waals surface area contributed by atoms with Gasteiger partial charge in [0.15, 0.2) is 0 Å². The third kappa shape index (κ3) is 7.60. The second-order valence-electron chi connectivity index (χ2n) is 4.06. The third-order valence-corrected chi connectivity index (χ3v) is 2.24. The Bertz CT molecular complexity index is 546.